The van der Waals surface area contributed by atoms with Crippen molar-refractivity contribution < 1.29 is 14.6 Å². The molecule has 4 N–H and O–H groups in total. The topological polar surface area (TPSA) is 93.4 Å². The van der Waals surface area contributed by atoms with E-state index in [1.165, 1.54) is 0 Å². The molecule has 1 heterocycles. The van der Waals surface area contributed by atoms with Gasteiger partial charge in [-0.15, -0.1) is 0 Å². The second-order valence-corrected chi connectivity index (χ2v) is 7.28. The van der Waals surface area contributed by atoms with Gasteiger partial charge in [0.15, 0.2) is 11.5 Å². The van der Waals surface area contributed by atoms with E-state index < -0.39 is 0 Å². The molecule has 0 bridgehead atoms. The summed E-state index contributed by atoms with van der Waals surface area (Å²) in [6, 6.07) is 17.4. The van der Waals surface area contributed by atoms with Gasteiger partial charge in [-0.1, -0.05) is 36.4 Å². The first-order chi connectivity index (χ1) is 14.6. The summed E-state index contributed by atoms with van der Waals surface area (Å²) in [6.45, 7) is 0. The normalized spacial score (nSPS) is 11.8. The number of phenolic OH excluding ortho intramolecular Hbond substituents is 1. The minimum atomic E-state index is 0.259. The molecule has 0 saturated carbocycles. The van der Waals surface area contributed by atoms with Crippen LogP contribution in [-0.2, 0) is 6.42 Å². The number of benzene rings is 3. The Kier molecular flexibility index (Phi) is 4.13. The smallest absolute Gasteiger partial charge is 0.184 e. The number of H-pyrrole nitrogens is 1. The van der Waals surface area contributed by atoms with Gasteiger partial charge in [0, 0.05) is 23.1 Å². The van der Waals surface area contributed by atoms with Crippen molar-refractivity contribution in [3.05, 3.63) is 65.7 Å². The molecule has 0 saturated heterocycles. The number of hydrogen-bond acceptors (Lipinski definition) is 5. The van der Waals surface area contributed by atoms with Crippen molar-refractivity contribution in [3.8, 4) is 50.9 Å². The van der Waals surface area contributed by atoms with Gasteiger partial charge in [0.05, 0.1) is 31.3 Å². The first-order valence-electron chi connectivity index (χ1n) is 9.61. The fourth-order valence-electron chi connectivity index (χ4n) is 4.12. The van der Waals surface area contributed by atoms with Gasteiger partial charge in [0.1, 0.15) is 5.75 Å². The summed E-state index contributed by atoms with van der Waals surface area (Å²) < 4.78 is 10.9. The molecular weight excluding hydrogens is 378 g/mol. The predicted molar refractivity (Wildman–Crippen MR) is 117 cm³/mol. The fraction of sp³-hybridized carbons (Fsp3) is 0.125. The summed E-state index contributed by atoms with van der Waals surface area (Å²) in [7, 11) is 3.20. The number of nitrogens with one attached hydrogen (secondary N) is 1. The second kappa shape index (κ2) is 6.84. The molecule has 0 amide bonds. The molecule has 5 rings (SSSR count). The lowest BCUT2D eigenvalue weighted by molar-refractivity contribution is 0.356. The molecule has 150 valence electrons. The zero-order chi connectivity index (χ0) is 20.8. The van der Waals surface area contributed by atoms with Crippen LogP contribution in [0.2, 0.25) is 0 Å². The molecule has 30 heavy (non-hydrogen) atoms. The number of rotatable bonds is 4. The lowest BCUT2D eigenvalue weighted by atomic mass is 10.0. The van der Waals surface area contributed by atoms with Crippen LogP contribution < -0.4 is 15.2 Å². The van der Waals surface area contributed by atoms with E-state index in [1.54, 1.807) is 26.4 Å². The predicted octanol–water partition coefficient (Wildman–Crippen LogP) is 4.62. The average molecular weight is 399 g/mol. The second-order valence-electron chi connectivity index (χ2n) is 7.28. The minimum absolute atomic E-state index is 0.259. The van der Waals surface area contributed by atoms with E-state index in [2.05, 4.69) is 34.5 Å². The van der Waals surface area contributed by atoms with Gasteiger partial charge in [0.25, 0.3) is 0 Å². The highest BCUT2D eigenvalue weighted by molar-refractivity contribution is 5.88. The van der Waals surface area contributed by atoms with Gasteiger partial charge < -0.3 is 20.3 Å². The Balaban J connectivity index is 1.53. The fourth-order valence-corrected chi connectivity index (χ4v) is 4.12. The Morgan fingerprint density at radius 1 is 0.900 bits per heavy atom. The molecule has 1 aliphatic rings. The third-order valence-electron chi connectivity index (χ3n) is 5.67. The number of methoxy groups -OCH3 is 2. The lowest BCUT2D eigenvalue weighted by Gasteiger charge is -2.14. The van der Waals surface area contributed by atoms with Crippen molar-refractivity contribution in [2.45, 2.75) is 6.42 Å². The Labute approximate surface area is 173 Å². The Bertz CT molecular complexity index is 1240. The van der Waals surface area contributed by atoms with E-state index in [9.17, 15) is 5.11 Å². The SMILES string of the molecule is COc1cc2c(c(N)c1OC)Cc1c(-c3ccc(-c4ccc(O)cc4)cc3)n[nH]c1-2. The third kappa shape index (κ3) is 2.69. The van der Waals surface area contributed by atoms with Gasteiger partial charge in [-0.2, -0.15) is 5.10 Å². The van der Waals surface area contributed by atoms with E-state index in [-0.39, 0.29) is 5.75 Å². The summed E-state index contributed by atoms with van der Waals surface area (Å²) in [5, 5.41) is 17.2. The Morgan fingerprint density at radius 2 is 1.53 bits per heavy atom. The first-order valence-corrected chi connectivity index (χ1v) is 9.61. The number of phenols is 1. The Hall–Kier alpha value is -3.93. The monoisotopic (exact) mass is 399 g/mol. The largest absolute Gasteiger partial charge is 0.508 e. The van der Waals surface area contributed by atoms with Crippen molar-refractivity contribution in [1.82, 2.24) is 10.2 Å². The van der Waals surface area contributed by atoms with E-state index in [0.29, 0.717) is 23.6 Å². The van der Waals surface area contributed by atoms with Crippen LogP contribution in [0.3, 0.4) is 0 Å². The van der Waals surface area contributed by atoms with Gasteiger partial charge in [0.2, 0.25) is 0 Å². The van der Waals surface area contributed by atoms with Crippen LogP contribution in [-0.4, -0.2) is 29.5 Å². The molecule has 6 heteroatoms. The number of aromatic nitrogens is 2. The number of fused-ring (bicyclic) bond motifs is 3. The molecule has 0 fully saturated rings. The molecule has 0 atom stereocenters. The number of nitrogen functional groups attached to an aromatic ring is 1. The van der Waals surface area contributed by atoms with Crippen molar-refractivity contribution >= 4 is 5.69 Å². The van der Waals surface area contributed by atoms with E-state index in [0.717, 1.165) is 44.8 Å². The number of aromatic amines is 1. The number of nitrogens with zero attached hydrogens (tertiary/aromatic N) is 1. The molecule has 0 radical (unpaired) electrons. The maximum Gasteiger partial charge on any atom is 0.184 e. The number of anilines is 1. The van der Waals surface area contributed by atoms with E-state index in [4.69, 9.17) is 15.2 Å². The van der Waals surface area contributed by atoms with Crippen molar-refractivity contribution in [1.29, 1.82) is 0 Å². The maximum atomic E-state index is 9.49. The molecule has 1 aliphatic carbocycles. The van der Waals surface area contributed by atoms with Crippen LogP contribution in [0.1, 0.15) is 11.1 Å². The molecule has 0 unspecified atom stereocenters. The van der Waals surface area contributed by atoms with Gasteiger partial charge in [-0.25, -0.2) is 0 Å². The summed E-state index contributed by atoms with van der Waals surface area (Å²) in [5.41, 5.74) is 15.2. The molecule has 4 aromatic rings. The molecule has 0 spiro atoms. The summed E-state index contributed by atoms with van der Waals surface area (Å²) in [4.78, 5) is 0. The third-order valence-corrected chi connectivity index (χ3v) is 5.67. The highest BCUT2D eigenvalue weighted by Gasteiger charge is 2.30. The van der Waals surface area contributed by atoms with Crippen LogP contribution in [0.5, 0.6) is 17.2 Å². The van der Waals surface area contributed by atoms with Gasteiger partial charge in [-0.3, -0.25) is 5.10 Å². The lowest BCUT2D eigenvalue weighted by Crippen LogP contribution is -2.01. The van der Waals surface area contributed by atoms with E-state index in [1.807, 2.05) is 18.2 Å². The number of aromatic hydroxyl groups is 1. The van der Waals surface area contributed by atoms with Crippen LogP contribution in [0.25, 0.3) is 33.6 Å². The number of hydrogen-bond donors (Lipinski definition) is 3. The van der Waals surface area contributed by atoms with Crippen LogP contribution in [0.4, 0.5) is 5.69 Å². The highest BCUT2D eigenvalue weighted by Crippen LogP contribution is 2.48. The first kappa shape index (κ1) is 18.1. The Morgan fingerprint density at radius 3 is 2.17 bits per heavy atom. The van der Waals surface area contributed by atoms with Crippen molar-refractivity contribution in [3.63, 3.8) is 0 Å². The standard InChI is InChI=1S/C24H21N3O3/c1-29-20-12-18-17(21(25)24(20)30-2)11-19-22(26-27-23(18)19)15-5-3-13(4-6-15)14-7-9-16(28)10-8-14/h3-10,12,28H,11,25H2,1-2H3,(H,26,27). The van der Waals surface area contributed by atoms with Crippen LogP contribution >= 0.6 is 0 Å². The van der Waals surface area contributed by atoms with Gasteiger partial charge >= 0.3 is 0 Å². The summed E-state index contributed by atoms with van der Waals surface area (Å²) in [6.07, 6.45) is 0.683. The maximum absolute atomic E-state index is 9.49. The van der Waals surface area contributed by atoms with E-state index >= 15 is 0 Å². The molecule has 6 nitrogen and oxygen atoms in total. The highest BCUT2D eigenvalue weighted by atomic mass is 16.5. The van der Waals surface area contributed by atoms with Crippen molar-refractivity contribution in [2.75, 3.05) is 20.0 Å². The minimum Gasteiger partial charge on any atom is -0.508 e. The van der Waals surface area contributed by atoms with Crippen LogP contribution in [0.15, 0.2) is 54.6 Å². The zero-order valence-electron chi connectivity index (χ0n) is 16.7. The number of nitrogens with two attached hydrogens (primary N) is 1. The summed E-state index contributed by atoms with van der Waals surface area (Å²) >= 11 is 0. The molecule has 0 aliphatic heterocycles. The molecule has 1 aromatic heterocycles. The van der Waals surface area contributed by atoms with Crippen LogP contribution in [0, 0.1) is 0 Å². The van der Waals surface area contributed by atoms with Gasteiger partial charge in [-0.05, 0) is 34.9 Å². The molecule has 3 aromatic carbocycles. The quantitative estimate of drug-likeness (QED) is 0.384. The molecular formula is C24H21N3O3. The zero-order valence-corrected chi connectivity index (χ0v) is 16.7. The number of ether oxygens (including phenoxy) is 2. The average Bonchev–Trinajstić information content (AvgIpc) is 3.34. The summed E-state index contributed by atoms with van der Waals surface area (Å²) in [5.74, 6) is 1.43. The van der Waals surface area contributed by atoms with Crippen molar-refractivity contribution in [2.24, 2.45) is 0 Å².